The normalized spacial score (nSPS) is 14.6. The van der Waals surface area contributed by atoms with Gasteiger partial charge in [-0.1, -0.05) is 389 Å². The van der Waals surface area contributed by atoms with E-state index in [2.05, 4.69) is 203 Å². The molecule has 680 valence electrons. The maximum Gasteiger partial charge on any atom is 0.472 e. The average Bonchev–Trinajstić information content (AvgIpc) is 0.891. The molecule has 0 bridgehead atoms. The quantitative estimate of drug-likeness (QED) is 0.0146. The van der Waals surface area contributed by atoms with Crippen LogP contribution in [0.1, 0.15) is 380 Å². The molecule has 0 saturated carbocycles. The van der Waals surface area contributed by atoms with Crippen molar-refractivity contribution in [3.05, 3.63) is 182 Å². The lowest BCUT2D eigenvalue weighted by Crippen LogP contribution is -2.30. The summed E-state index contributed by atoms with van der Waals surface area (Å²) in [5.41, 5.74) is 0. The third-order valence-electron chi connectivity index (χ3n) is 19.6. The minimum Gasteiger partial charge on any atom is -0.463 e. The lowest BCUT2D eigenvalue weighted by atomic mass is 10.0. The van der Waals surface area contributed by atoms with E-state index in [1.54, 1.807) is 0 Å². The Labute approximate surface area is 725 Å². The van der Waals surface area contributed by atoms with E-state index < -0.39 is 91.5 Å². The van der Waals surface area contributed by atoms with Crippen LogP contribution >= 0.6 is 15.6 Å². The van der Waals surface area contributed by atoms with E-state index in [1.807, 2.05) is 0 Å². The Morgan fingerprint density at radius 2 is 0.420 bits per heavy atom. The highest BCUT2D eigenvalue weighted by Gasteiger charge is 2.29. The van der Waals surface area contributed by atoms with E-state index in [4.69, 9.17) is 32.3 Å². The Balaban J connectivity index is 4.65. The van der Waals surface area contributed by atoms with Crippen LogP contribution in [-0.4, -0.2) is 95.9 Å². The second-order valence-electron chi connectivity index (χ2n) is 31.0. The standard InChI is InChI=1S/C101H170O16P2/c1-4-7-10-13-16-19-22-25-28-31-34-37-40-43-45-47-49-52-54-57-60-63-66-69-72-75-78-81-84-87-99(104)111-90-96(102)91-113-118(107,108)114-92-97(103)93-115-119(109,110)116-95-98(117-101(106)89-86-83-80-77-74-71-68-65-62-59-56-51-42-39-36-33-30-27-24-21-18-15-12-9-6-3)94-112-100(105)88-85-82-79-76-73-70-67-64-61-58-55-53-50-48-46-44-41-38-35-32-29-26-23-20-17-14-11-8-5-2/h7-12,16-21,25-30,34-39,43-46,51,56,96-98,102-103H,4-6,13-15,22-24,31-33,40-42,47-50,52-55,57-95H2,1-3H3,(H,107,108)(H,109,110)/b10-7-,11-8-,12-9-,19-16-,20-17-,21-18-,28-25-,29-26-,30-27-,37-34-,38-35-,39-36-,45-43-,46-44-,56-51-. The molecule has 0 aliphatic carbocycles. The minimum absolute atomic E-state index is 0.0921. The average molecular weight is 1700 g/mol. The lowest BCUT2D eigenvalue weighted by Gasteiger charge is -2.21. The fraction of sp³-hybridized carbons (Fsp3) is 0.673. The number of carbonyl (C=O) groups is 3. The molecule has 0 saturated heterocycles. The van der Waals surface area contributed by atoms with Crippen LogP contribution in [0.2, 0.25) is 0 Å². The van der Waals surface area contributed by atoms with Crippen molar-refractivity contribution in [2.45, 2.75) is 399 Å². The van der Waals surface area contributed by atoms with Crippen LogP contribution in [0.5, 0.6) is 0 Å². The largest absolute Gasteiger partial charge is 0.472 e. The van der Waals surface area contributed by atoms with Gasteiger partial charge in [0.1, 0.15) is 25.4 Å². The molecule has 5 unspecified atom stereocenters. The Morgan fingerprint density at radius 1 is 0.235 bits per heavy atom. The summed E-state index contributed by atoms with van der Waals surface area (Å²) in [4.78, 5) is 59.1. The Bertz CT molecular complexity index is 2890. The predicted octanol–water partition coefficient (Wildman–Crippen LogP) is 29.2. The summed E-state index contributed by atoms with van der Waals surface area (Å²) < 4.78 is 61.6. The van der Waals surface area contributed by atoms with Gasteiger partial charge in [0.05, 0.1) is 26.4 Å². The molecule has 4 N–H and O–H groups in total. The molecule has 0 radical (unpaired) electrons. The number of unbranched alkanes of at least 4 members (excludes halogenated alkanes) is 35. The molecule has 0 aromatic rings. The number of esters is 3. The van der Waals surface area contributed by atoms with E-state index >= 15 is 0 Å². The van der Waals surface area contributed by atoms with Crippen molar-refractivity contribution in [1.29, 1.82) is 0 Å². The monoisotopic (exact) mass is 1700 g/mol. The van der Waals surface area contributed by atoms with Crippen molar-refractivity contribution < 1.29 is 75.8 Å². The number of hydrogen-bond acceptors (Lipinski definition) is 14. The van der Waals surface area contributed by atoms with Gasteiger partial charge >= 0.3 is 33.6 Å². The van der Waals surface area contributed by atoms with E-state index in [1.165, 1.54) is 135 Å². The fourth-order valence-electron chi connectivity index (χ4n) is 12.6. The van der Waals surface area contributed by atoms with Gasteiger partial charge in [0.2, 0.25) is 0 Å². The summed E-state index contributed by atoms with van der Waals surface area (Å²) in [5.74, 6) is -1.58. The molecule has 16 nitrogen and oxygen atoms in total. The van der Waals surface area contributed by atoms with E-state index in [0.29, 0.717) is 19.3 Å². The molecule has 5 atom stereocenters. The van der Waals surface area contributed by atoms with Gasteiger partial charge < -0.3 is 34.2 Å². The molecule has 0 aromatic carbocycles. The number of phosphoric acid groups is 2. The lowest BCUT2D eigenvalue weighted by molar-refractivity contribution is -0.161. The van der Waals surface area contributed by atoms with Crippen molar-refractivity contribution >= 4 is 33.6 Å². The van der Waals surface area contributed by atoms with Crippen molar-refractivity contribution in [3.8, 4) is 0 Å². The number of phosphoric ester groups is 2. The van der Waals surface area contributed by atoms with Crippen LogP contribution in [0, 0.1) is 0 Å². The Morgan fingerprint density at radius 3 is 0.664 bits per heavy atom. The number of ether oxygens (including phenoxy) is 3. The van der Waals surface area contributed by atoms with Crippen LogP contribution in [-0.2, 0) is 55.8 Å². The molecular weight excluding hydrogens is 1530 g/mol. The fourth-order valence-corrected chi connectivity index (χ4v) is 14.2. The van der Waals surface area contributed by atoms with Gasteiger partial charge in [-0.2, -0.15) is 0 Å². The highest BCUT2D eigenvalue weighted by atomic mass is 31.2. The summed E-state index contributed by atoms with van der Waals surface area (Å²) in [6.45, 7) is 2.38. The summed E-state index contributed by atoms with van der Waals surface area (Å²) in [6, 6.07) is 0. The highest BCUT2D eigenvalue weighted by molar-refractivity contribution is 7.47. The van der Waals surface area contributed by atoms with Crippen molar-refractivity contribution in [1.82, 2.24) is 0 Å². The van der Waals surface area contributed by atoms with Gasteiger partial charge in [0.15, 0.2) is 6.10 Å². The molecule has 18 heteroatoms. The van der Waals surface area contributed by atoms with E-state index in [9.17, 15) is 43.5 Å². The summed E-state index contributed by atoms with van der Waals surface area (Å²) >= 11 is 0. The molecule has 0 spiro atoms. The first kappa shape index (κ1) is 114. The third-order valence-corrected chi connectivity index (χ3v) is 21.5. The van der Waals surface area contributed by atoms with Gasteiger partial charge in [-0.25, -0.2) is 9.13 Å². The molecule has 0 amide bonds. The van der Waals surface area contributed by atoms with Crippen LogP contribution in [0.4, 0.5) is 0 Å². The smallest absolute Gasteiger partial charge is 0.463 e. The first-order valence-corrected chi connectivity index (χ1v) is 50.1. The summed E-state index contributed by atoms with van der Waals surface area (Å²) in [6.07, 6.45) is 121. The second-order valence-corrected chi connectivity index (χ2v) is 33.9. The van der Waals surface area contributed by atoms with Gasteiger partial charge in [0, 0.05) is 19.3 Å². The first-order chi connectivity index (χ1) is 58.2. The third kappa shape index (κ3) is 93.2. The number of rotatable bonds is 88. The minimum atomic E-state index is -4.95. The Kier molecular flexibility index (Phi) is 87.7. The van der Waals surface area contributed by atoms with Gasteiger partial charge in [-0.3, -0.25) is 32.5 Å². The zero-order chi connectivity index (χ0) is 86.5. The SMILES string of the molecule is CC/C=C\C/C=C\C/C=C\C/C=C\C/C=C\CCCCCCCCCCCCCCCC(=O)OCC(O)COP(=O)(O)OCC(O)COP(=O)(O)OCC(COC(=O)CCCCCCCCCCCCCCC/C=C\C/C=C\C/C=C\C/C=C\C/C=C\CC)OC(=O)CCCCCCCCCCC/C=C\C/C=C\C/C=C\C/C=C\C/C=C\CC. The molecular formula is C101H170O16P2. The zero-order valence-electron chi connectivity index (χ0n) is 75.0. The number of aliphatic hydroxyl groups excluding tert-OH is 2. The molecule has 119 heavy (non-hydrogen) atoms. The number of carbonyl (C=O) groups excluding carboxylic acids is 3. The topological polar surface area (TPSA) is 231 Å². The molecule has 0 rings (SSSR count). The number of aliphatic hydroxyl groups is 2. The van der Waals surface area contributed by atoms with Crippen molar-refractivity contribution in [3.63, 3.8) is 0 Å². The molecule has 0 aliphatic heterocycles. The first-order valence-electron chi connectivity index (χ1n) is 47.1. The summed E-state index contributed by atoms with van der Waals surface area (Å²) in [5, 5.41) is 20.8. The maximum atomic E-state index is 13.1. The van der Waals surface area contributed by atoms with Gasteiger partial charge in [0.25, 0.3) is 0 Å². The van der Waals surface area contributed by atoms with Crippen molar-refractivity contribution in [2.24, 2.45) is 0 Å². The second kappa shape index (κ2) is 91.8. The number of hydrogen-bond donors (Lipinski definition) is 4. The van der Waals surface area contributed by atoms with Gasteiger partial charge in [-0.05, 0) is 154 Å². The molecule has 0 heterocycles. The summed E-state index contributed by atoms with van der Waals surface area (Å²) in [7, 11) is -9.82. The van der Waals surface area contributed by atoms with Crippen molar-refractivity contribution in [2.75, 3.05) is 39.6 Å². The predicted molar refractivity (Wildman–Crippen MR) is 500 cm³/mol. The van der Waals surface area contributed by atoms with Crippen LogP contribution in [0.25, 0.3) is 0 Å². The van der Waals surface area contributed by atoms with Crippen LogP contribution in [0.3, 0.4) is 0 Å². The zero-order valence-corrected chi connectivity index (χ0v) is 76.8. The van der Waals surface area contributed by atoms with Crippen LogP contribution in [0.15, 0.2) is 182 Å². The highest BCUT2D eigenvalue weighted by Crippen LogP contribution is 2.45. The molecule has 0 fully saturated rings. The van der Waals surface area contributed by atoms with E-state index in [0.717, 1.165) is 186 Å². The molecule has 0 aromatic heterocycles. The molecule has 0 aliphatic rings. The number of allylic oxidation sites excluding steroid dienone is 30. The van der Waals surface area contributed by atoms with E-state index in [-0.39, 0.29) is 19.3 Å². The van der Waals surface area contributed by atoms with Gasteiger partial charge in [-0.15, -0.1) is 0 Å². The Hall–Kier alpha value is -5.35. The van der Waals surface area contributed by atoms with Crippen LogP contribution < -0.4 is 0 Å². The maximum absolute atomic E-state index is 13.1.